The van der Waals surface area contributed by atoms with Gasteiger partial charge in [0.2, 0.25) is 0 Å². The number of carbonyl (C=O) groups is 2. The lowest BCUT2D eigenvalue weighted by molar-refractivity contribution is -0.151. The largest absolute Gasteiger partial charge is 0.507 e. The summed E-state index contributed by atoms with van der Waals surface area (Å²) in [4.78, 5) is 23.1. The molecule has 2 unspecified atom stereocenters. The first-order valence-electron chi connectivity index (χ1n) is 6.95. The predicted octanol–water partition coefficient (Wildman–Crippen LogP) is 0.647. The van der Waals surface area contributed by atoms with E-state index in [4.69, 9.17) is 18.9 Å². The third-order valence-corrected chi connectivity index (χ3v) is 3.66. The van der Waals surface area contributed by atoms with Crippen LogP contribution in [0.25, 0.3) is 0 Å². The molecule has 2 saturated heterocycles. The Kier molecular flexibility index (Phi) is 4.00. The van der Waals surface area contributed by atoms with E-state index < -0.39 is 36.4 Å². The van der Waals surface area contributed by atoms with Crippen molar-refractivity contribution in [2.45, 2.75) is 31.3 Å². The number of carbonyl (C=O) groups excluding carboxylic acids is 2. The summed E-state index contributed by atoms with van der Waals surface area (Å²) in [5.41, 5.74) is 0.0838. The lowest BCUT2D eigenvalue weighted by atomic mass is 10.1. The Bertz CT molecular complexity index is 585. The fraction of sp³-hybridized carbons (Fsp3) is 0.467. The number of ether oxygens (including phenoxy) is 4. The first-order valence-corrected chi connectivity index (χ1v) is 6.95. The molecular weight excluding hydrogens is 292 g/mol. The predicted molar refractivity (Wildman–Crippen MR) is 72.3 cm³/mol. The van der Waals surface area contributed by atoms with Crippen molar-refractivity contribution in [3.8, 4) is 5.75 Å². The molecule has 1 N–H and O–H groups in total. The fourth-order valence-corrected chi connectivity index (χ4v) is 2.69. The van der Waals surface area contributed by atoms with Crippen molar-refractivity contribution in [2.24, 2.45) is 0 Å². The van der Waals surface area contributed by atoms with Gasteiger partial charge < -0.3 is 24.1 Å². The Morgan fingerprint density at radius 3 is 2.27 bits per heavy atom. The van der Waals surface area contributed by atoms with E-state index in [1.165, 1.54) is 19.1 Å². The Labute approximate surface area is 126 Å². The van der Waals surface area contributed by atoms with Crippen LogP contribution in [0.3, 0.4) is 0 Å². The first kappa shape index (κ1) is 14.8. The van der Waals surface area contributed by atoms with Gasteiger partial charge in [-0.25, -0.2) is 4.79 Å². The number of benzene rings is 1. The smallest absolute Gasteiger partial charge is 0.342 e. The lowest BCUT2D eigenvalue weighted by Crippen LogP contribution is -2.35. The Morgan fingerprint density at radius 2 is 1.68 bits per heavy atom. The number of phenolic OH excluding ortho intramolecular Hbond substituents is 1. The molecule has 1 aromatic carbocycles. The molecule has 3 rings (SSSR count). The van der Waals surface area contributed by atoms with Crippen LogP contribution < -0.4 is 0 Å². The summed E-state index contributed by atoms with van der Waals surface area (Å²) in [5, 5.41) is 9.66. The van der Waals surface area contributed by atoms with Crippen LogP contribution in [-0.2, 0) is 23.7 Å². The van der Waals surface area contributed by atoms with Crippen molar-refractivity contribution in [3.63, 3.8) is 0 Å². The number of para-hydroxylation sites is 1. The van der Waals surface area contributed by atoms with Crippen molar-refractivity contribution in [1.82, 2.24) is 0 Å². The van der Waals surface area contributed by atoms with Gasteiger partial charge in [-0.2, -0.15) is 0 Å². The van der Waals surface area contributed by atoms with Gasteiger partial charge >= 0.3 is 11.9 Å². The topological polar surface area (TPSA) is 91.3 Å². The summed E-state index contributed by atoms with van der Waals surface area (Å²) in [5.74, 6) is -1.20. The summed E-state index contributed by atoms with van der Waals surface area (Å²) in [6.45, 7) is 1.68. The fourth-order valence-electron chi connectivity index (χ4n) is 2.69. The molecule has 0 saturated carbocycles. The average Bonchev–Trinajstić information content (AvgIpc) is 3.03. The number of hydrogen-bond donors (Lipinski definition) is 1. The lowest BCUT2D eigenvalue weighted by Gasteiger charge is -2.17. The van der Waals surface area contributed by atoms with E-state index in [1.807, 2.05) is 0 Å². The van der Waals surface area contributed by atoms with E-state index in [0.717, 1.165) is 0 Å². The third-order valence-electron chi connectivity index (χ3n) is 3.66. The maximum atomic E-state index is 12.1. The van der Waals surface area contributed by atoms with Crippen LogP contribution in [0.1, 0.15) is 17.3 Å². The Morgan fingerprint density at radius 1 is 1.09 bits per heavy atom. The van der Waals surface area contributed by atoms with Gasteiger partial charge in [-0.3, -0.25) is 4.79 Å². The summed E-state index contributed by atoms with van der Waals surface area (Å²) in [7, 11) is 0. The van der Waals surface area contributed by atoms with E-state index >= 15 is 0 Å². The molecule has 7 heteroatoms. The van der Waals surface area contributed by atoms with E-state index in [1.54, 1.807) is 12.1 Å². The summed E-state index contributed by atoms with van der Waals surface area (Å²) in [6, 6.07) is 6.13. The van der Waals surface area contributed by atoms with Crippen LogP contribution >= 0.6 is 0 Å². The van der Waals surface area contributed by atoms with Crippen LogP contribution in [0.2, 0.25) is 0 Å². The molecule has 2 heterocycles. The molecule has 0 spiro atoms. The van der Waals surface area contributed by atoms with Gasteiger partial charge in [0.25, 0.3) is 0 Å². The zero-order valence-electron chi connectivity index (χ0n) is 11.9. The third kappa shape index (κ3) is 2.77. The maximum Gasteiger partial charge on any atom is 0.342 e. The number of rotatable bonds is 3. The van der Waals surface area contributed by atoms with E-state index in [9.17, 15) is 14.7 Å². The number of esters is 2. The first-order chi connectivity index (χ1) is 10.6. The molecule has 2 aliphatic heterocycles. The van der Waals surface area contributed by atoms with E-state index in [-0.39, 0.29) is 24.5 Å². The molecule has 0 radical (unpaired) electrons. The zero-order chi connectivity index (χ0) is 15.7. The molecule has 2 fully saturated rings. The van der Waals surface area contributed by atoms with Crippen LogP contribution in [0.15, 0.2) is 24.3 Å². The highest BCUT2D eigenvalue weighted by Gasteiger charge is 2.51. The molecule has 0 bridgehead atoms. The minimum Gasteiger partial charge on any atom is -0.507 e. The van der Waals surface area contributed by atoms with Crippen molar-refractivity contribution in [3.05, 3.63) is 29.8 Å². The molecule has 0 aromatic heterocycles. The van der Waals surface area contributed by atoms with Crippen molar-refractivity contribution < 1.29 is 33.6 Å². The Hall–Kier alpha value is -2.12. The molecule has 0 amide bonds. The normalized spacial score (nSPS) is 29.9. The monoisotopic (exact) mass is 308 g/mol. The number of phenols is 1. The van der Waals surface area contributed by atoms with Gasteiger partial charge in [-0.1, -0.05) is 12.1 Å². The van der Waals surface area contributed by atoms with Gasteiger partial charge in [0, 0.05) is 6.92 Å². The van der Waals surface area contributed by atoms with Crippen molar-refractivity contribution in [1.29, 1.82) is 0 Å². The van der Waals surface area contributed by atoms with Gasteiger partial charge in [-0.15, -0.1) is 0 Å². The second-order valence-corrected chi connectivity index (χ2v) is 5.20. The molecule has 0 aliphatic carbocycles. The van der Waals surface area contributed by atoms with E-state index in [0.29, 0.717) is 0 Å². The van der Waals surface area contributed by atoms with Crippen LogP contribution in [0.4, 0.5) is 0 Å². The quantitative estimate of drug-likeness (QED) is 0.820. The molecule has 7 nitrogen and oxygen atoms in total. The highest BCUT2D eigenvalue weighted by atomic mass is 16.7. The van der Waals surface area contributed by atoms with E-state index in [2.05, 4.69) is 0 Å². The second kappa shape index (κ2) is 5.94. The molecule has 1 aromatic rings. The summed E-state index contributed by atoms with van der Waals surface area (Å²) in [6.07, 6.45) is -2.00. The van der Waals surface area contributed by atoms with Crippen LogP contribution in [-0.4, -0.2) is 54.7 Å². The summed E-state index contributed by atoms with van der Waals surface area (Å²) < 4.78 is 21.5. The van der Waals surface area contributed by atoms with Gasteiger partial charge in [-0.05, 0) is 12.1 Å². The zero-order valence-corrected chi connectivity index (χ0v) is 11.9. The molecule has 118 valence electrons. The van der Waals surface area contributed by atoms with Gasteiger partial charge in [0.15, 0.2) is 12.2 Å². The average molecular weight is 308 g/mol. The van der Waals surface area contributed by atoms with Crippen LogP contribution in [0.5, 0.6) is 5.75 Å². The maximum absolute atomic E-state index is 12.1. The molecular formula is C15H16O7. The van der Waals surface area contributed by atoms with Gasteiger partial charge in [0.1, 0.15) is 23.5 Å². The van der Waals surface area contributed by atoms with Crippen molar-refractivity contribution in [2.75, 3.05) is 13.2 Å². The SMILES string of the molecule is CC(=O)OC1CO[C@@H]2C(OC(=O)c3ccccc3O)CO[C@H]12. The molecule has 4 atom stereocenters. The number of hydrogen-bond acceptors (Lipinski definition) is 7. The molecule has 2 aliphatic rings. The van der Waals surface area contributed by atoms with Crippen LogP contribution in [0, 0.1) is 0 Å². The van der Waals surface area contributed by atoms with Crippen molar-refractivity contribution >= 4 is 11.9 Å². The number of fused-ring (bicyclic) bond motifs is 1. The highest BCUT2D eigenvalue weighted by molar-refractivity contribution is 5.92. The minimum absolute atomic E-state index is 0.0838. The Balaban J connectivity index is 1.64. The van der Waals surface area contributed by atoms with Gasteiger partial charge in [0.05, 0.1) is 13.2 Å². The molecule has 22 heavy (non-hydrogen) atoms. The summed E-state index contributed by atoms with van der Waals surface area (Å²) >= 11 is 0. The second-order valence-electron chi connectivity index (χ2n) is 5.20. The minimum atomic E-state index is -0.646. The number of aromatic hydroxyl groups is 1. The highest BCUT2D eigenvalue weighted by Crippen LogP contribution is 2.31. The standard InChI is InChI=1S/C15H16O7/c1-8(16)21-11-6-19-14-12(7-20-13(11)14)22-15(18)9-4-2-3-5-10(9)17/h2-5,11-14,17H,6-7H2,1H3/t11?,12?,13-,14-/m1/s1.